The fourth-order valence-electron chi connectivity index (χ4n) is 1.06. The van der Waals surface area contributed by atoms with Gasteiger partial charge in [-0.2, -0.15) is 22.0 Å². The summed E-state index contributed by atoms with van der Waals surface area (Å²) in [6.07, 6.45) is -9.97. The van der Waals surface area contributed by atoms with Crippen molar-refractivity contribution in [1.82, 2.24) is 0 Å². The molecule has 0 radical (unpaired) electrons. The Kier molecular flexibility index (Phi) is 5.96. The third kappa shape index (κ3) is 6.46. The smallest absolute Gasteiger partial charge is 0.288 e. The molecule has 0 saturated heterocycles. The van der Waals surface area contributed by atoms with Gasteiger partial charge < -0.3 is 0 Å². The van der Waals surface area contributed by atoms with Gasteiger partial charge in [0.1, 0.15) is 0 Å². The molecule has 9 heteroatoms. The van der Waals surface area contributed by atoms with E-state index in [0.717, 1.165) is 0 Å². The van der Waals surface area contributed by atoms with E-state index in [0.29, 0.717) is 11.8 Å². The number of carbonyl (C=O) groups excluding carboxylic acids is 1. The number of hydrogen-bond acceptors (Lipinski definition) is 2. The average molecular weight is 300 g/mol. The molecular weight excluding hydrogens is 289 g/mol. The van der Waals surface area contributed by atoms with Crippen molar-refractivity contribution in [3.05, 3.63) is 0 Å². The second kappa shape index (κ2) is 6.12. The molecule has 0 aromatic rings. The molecule has 1 nitrogen and oxygen atoms in total. The van der Waals surface area contributed by atoms with Crippen LogP contribution in [0.25, 0.3) is 0 Å². The molecule has 0 aromatic carbocycles. The Labute approximate surface area is 103 Å². The summed E-state index contributed by atoms with van der Waals surface area (Å²) in [5, 5.41) is -0.334. The lowest BCUT2D eigenvalue weighted by atomic mass is 10.1. The molecule has 0 saturated carbocycles. The minimum atomic E-state index is -5.98. The Morgan fingerprint density at radius 2 is 1.56 bits per heavy atom. The zero-order chi connectivity index (χ0) is 14.6. The normalized spacial score (nSPS) is 13.8. The van der Waals surface area contributed by atoms with Crippen LogP contribution in [0.3, 0.4) is 0 Å². The number of rotatable bonds is 6. The fourth-order valence-corrected chi connectivity index (χ4v) is 1.64. The zero-order valence-corrected chi connectivity index (χ0v) is 10.1. The standard InChI is InChI=1S/C9H11F7OS/c1-6(17)18-4-2-3-7(10,11)5-8(12,13)9(14,15)16/h2-5H2,1H3. The van der Waals surface area contributed by atoms with E-state index < -0.39 is 30.9 Å². The second-order valence-electron chi connectivity index (χ2n) is 3.68. The lowest BCUT2D eigenvalue weighted by molar-refractivity contribution is -0.300. The van der Waals surface area contributed by atoms with Crippen LogP contribution in [0.1, 0.15) is 26.2 Å². The van der Waals surface area contributed by atoms with Crippen molar-refractivity contribution in [3.63, 3.8) is 0 Å². The molecule has 0 atom stereocenters. The molecule has 0 unspecified atom stereocenters. The molecule has 0 N–H and O–H groups in total. The van der Waals surface area contributed by atoms with Crippen molar-refractivity contribution in [3.8, 4) is 0 Å². The van der Waals surface area contributed by atoms with E-state index in [1.807, 2.05) is 0 Å². The van der Waals surface area contributed by atoms with E-state index in [1.54, 1.807) is 0 Å². The quantitative estimate of drug-likeness (QED) is 0.538. The van der Waals surface area contributed by atoms with Crippen LogP contribution in [0.2, 0.25) is 0 Å². The maximum atomic E-state index is 12.9. The summed E-state index contributed by atoms with van der Waals surface area (Å²) in [5.41, 5.74) is 0. The first-order valence-corrected chi connectivity index (χ1v) is 5.82. The predicted molar refractivity (Wildman–Crippen MR) is 52.9 cm³/mol. The van der Waals surface area contributed by atoms with Crippen LogP contribution < -0.4 is 0 Å². The van der Waals surface area contributed by atoms with Crippen LogP contribution in [0, 0.1) is 0 Å². The molecule has 0 spiro atoms. The average Bonchev–Trinajstić information content (AvgIpc) is 2.08. The molecule has 0 aromatic heterocycles. The van der Waals surface area contributed by atoms with E-state index in [-0.39, 0.29) is 17.3 Å². The van der Waals surface area contributed by atoms with Crippen molar-refractivity contribution < 1.29 is 35.5 Å². The summed E-state index contributed by atoms with van der Waals surface area (Å²) in [6.45, 7) is 1.20. The monoisotopic (exact) mass is 300 g/mol. The topological polar surface area (TPSA) is 17.1 Å². The van der Waals surface area contributed by atoms with Gasteiger partial charge >= 0.3 is 12.1 Å². The summed E-state index contributed by atoms with van der Waals surface area (Å²) in [6, 6.07) is 0. The molecule has 0 bridgehead atoms. The Balaban J connectivity index is 4.26. The minimum absolute atomic E-state index is 0.0392. The molecule has 108 valence electrons. The van der Waals surface area contributed by atoms with Gasteiger partial charge in [-0.25, -0.2) is 8.78 Å². The van der Waals surface area contributed by atoms with Gasteiger partial charge in [-0.05, 0) is 6.42 Å². The van der Waals surface area contributed by atoms with Crippen LogP contribution in [0.15, 0.2) is 0 Å². The van der Waals surface area contributed by atoms with Crippen molar-refractivity contribution in [2.75, 3.05) is 5.75 Å². The number of thioether (sulfide) groups is 1. The highest BCUT2D eigenvalue weighted by atomic mass is 32.2. The van der Waals surface area contributed by atoms with E-state index in [9.17, 15) is 35.5 Å². The Bertz CT molecular complexity index is 287. The van der Waals surface area contributed by atoms with Gasteiger partial charge in [0.25, 0.3) is 5.92 Å². The number of hydrogen-bond donors (Lipinski definition) is 0. The Hall–Kier alpha value is -0.470. The third-order valence-electron chi connectivity index (χ3n) is 1.89. The number of alkyl halides is 7. The zero-order valence-electron chi connectivity index (χ0n) is 9.29. The summed E-state index contributed by atoms with van der Waals surface area (Å²) in [7, 11) is 0. The molecule has 0 aliphatic carbocycles. The van der Waals surface area contributed by atoms with Crippen molar-refractivity contribution >= 4 is 16.9 Å². The van der Waals surface area contributed by atoms with Gasteiger partial charge in [0.15, 0.2) is 5.12 Å². The lowest BCUT2D eigenvalue weighted by Gasteiger charge is -2.24. The van der Waals surface area contributed by atoms with E-state index in [1.165, 1.54) is 6.92 Å². The first-order chi connectivity index (χ1) is 7.87. The Morgan fingerprint density at radius 1 is 1.06 bits per heavy atom. The summed E-state index contributed by atoms with van der Waals surface area (Å²) >= 11 is 0.714. The maximum Gasteiger partial charge on any atom is 0.453 e. The van der Waals surface area contributed by atoms with Crippen LogP contribution in [-0.4, -0.2) is 28.9 Å². The molecule has 0 rings (SSSR count). The van der Waals surface area contributed by atoms with Gasteiger partial charge in [-0.3, -0.25) is 4.79 Å². The SMILES string of the molecule is CC(=O)SCCCC(F)(F)CC(F)(F)C(F)(F)F. The van der Waals surface area contributed by atoms with Crippen LogP contribution in [0.5, 0.6) is 0 Å². The molecular formula is C9H11F7OS. The lowest BCUT2D eigenvalue weighted by Crippen LogP contribution is -2.41. The fraction of sp³-hybridized carbons (Fsp3) is 0.889. The molecule has 0 aliphatic heterocycles. The van der Waals surface area contributed by atoms with Gasteiger partial charge in [0.2, 0.25) is 0 Å². The highest BCUT2D eigenvalue weighted by molar-refractivity contribution is 8.13. The van der Waals surface area contributed by atoms with Crippen LogP contribution in [0.4, 0.5) is 30.7 Å². The van der Waals surface area contributed by atoms with Gasteiger partial charge in [0.05, 0.1) is 6.42 Å². The second-order valence-corrected chi connectivity index (χ2v) is 4.95. The highest BCUT2D eigenvalue weighted by Gasteiger charge is 2.61. The molecule has 0 fully saturated rings. The molecule has 0 amide bonds. The third-order valence-corrected chi connectivity index (χ3v) is 2.79. The van der Waals surface area contributed by atoms with E-state index >= 15 is 0 Å². The number of halogens is 7. The molecule has 18 heavy (non-hydrogen) atoms. The van der Waals surface area contributed by atoms with Gasteiger partial charge in [0, 0.05) is 19.1 Å². The first kappa shape index (κ1) is 17.5. The van der Waals surface area contributed by atoms with E-state index in [4.69, 9.17) is 0 Å². The maximum absolute atomic E-state index is 12.9. The van der Waals surface area contributed by atoms with Gasteiger partial charge in [-0.1, -0.05) is 11.8 Å². The largest absolute Gasteiger partial charge is 0.453 e. The predicted octanol–water partition coefficient (Wildman–Crippen LogP) is 4.27. The molecule has 0 heterocycles. The van der Waals surface area contributed by atoms with Crippen molar-refractivity contribution in [2.45, 2.75) is 44.2 Å². The van der Waals surface area contributed by atoms with Crippen LogP contribution >= 0.6 is 11.8 Å². The highest BCUT2D eigenvalue weighted by Crippen LogP contribution is 2.43. The van der Waals surface area contributed by atoms with Crippen LogP contribution in [-0.2, 0) is 4.79 Å². The Morgan fingerprint density at radius 3 is 1.94 bits per heavy atom. The minimum Gasteiger partial charge on any atom is -0.288 e. The van der Waals surface area contributed by atoms with Crippen molar-refractivity contribution in [2.24, 2.45) is 0 Å². The number of carbonyl (C=O) groups is 1. The van der Waals surface area contributed by atoms with E-state index in [2.05, 4.69) is 0 Å². The summed E-state index contributed by atoms with van der Waals surface area (Å²) < 4.78 is 85.8. The van der Waals surface area contributed by atoms with Gasteiger partial charge in [-0.15, -0.1) is 0 Å². The van der Waals surface area contributed by atoms with Crippen molar-refractivity contribution in [1.29, 1.82) is 0 Å². The summed E-state index contributed by atoms with van der Waals surface area (Å²) in [5.74, 6) is -9.57. The first-order valence-electron chi connectivity index (χ1n) is 4.83. The molecule has 0 aliphatic rings. The summed E-state index contributed by atoms with van der Waals surface area (Å²) in [4.78, 5) is 10.4.